The van der Waals surface area contributed by atoms with E-state index in [0.29, 0.717) is 18.6 Å². The Morgan fingerprint density at radius 1 is 1.03 bits per heavy atom. The van der Waals surface area contributed by atoms with Crippen LogP contribution in [0.1, 0.15) is 55.8 Å². The fraction of sp³-hybridized carbons (Fsp3) is 0.400. The molecule has 1 aliphatic carbocycles. The Morgan fingerprint density at radius 3 is 2.52 bits per heavy atom. The van der Waals surface area contributed by atoms with Crippen molar-refractivity contribution in [2.45, 2.75) is 44.6 Å². The standard InChI is InChI=1S/C25H28N2O2/c1-24(2)12-17(28)13-25(15-24)23-22(19-6-4-5-7-21(19)27-23)20(14-26-25)16-8-10-18(29-3)11-9-16/h4-11,20,26-27H,12-15H2,1-3H3/t20-,25-/m1/s1. The summed E-state index contributed by atoms with van der Waals surface area (Å²) in [6, 6.07) is 16.9. The number of aromatic amines is 1. The molecule has 0 saturated heterocycles. The number of para-hydroxylation sites is 1. The maximum absolute atomic E-state index is 12.7. The van der Waals surface area contributed by atoms with E-state index in [-0.39, 0.29) is 16.9 Å². The fourth-order valence-corrected chi connectivity index (χ4v) is 5.69. The summed E-state index contributed by atoms with van der Waals surface area (Å²) in [5.41, 5.74) is 4.64. The van der Waals surface area contributed by atoms with Crippen molar-refractivity contribution in [1.82, 2.24) is 10.3 Å². The molecule has 29 heavy (non-hydrogen) atoms. The average Bonchev–Trinajstić information content (AvgIpc) is 3.08. The first-order chi connectivity index (χ1) is 13.9. The van der Waals surface area contributed by atoms with Crippen molar-refractivity contribution in [3.05, 3.63) is 65.4 Å². The first-order valence-electron chi connectivity index (χ1n) is 10.4. The summed E-state index contributed by atoms with van der Waals surface area (Å²) in [6.45, 7) is 5.25. The zero-order chi connectivity index (χ0) is 20.2. The fourth-order valence-electron chi connectivity index (χ4n) is 5.69. The van der Waals surface area contributed by atoms with Crippen LogP contribution < -0.4 is 10.1 Å². The third-order valence-corrected chi connectivity index (χ3v) is 6.69. The number of benzene rings is 2. The van der Waals surface area contributed by atoms with Crippen molar-refractivity contribution in [2.24, 2.45) is 5.41 Å². The van der Waals surface area contributed by atoms with E-state index in [9.17, 15) is 4.79 Å². The number of Topliss-reactive ketones (excluding diaryl/α,β-unsaturated/α-hetero) is 1. The van der Waals surface area contributed by atoms with Crippen LogP contribution in [0.15, 0.2) is 48.5 Å². The smallest absolute Gasteiger partial charge is 0.135 e. The van der Waals surface area contributed by atoms with Gasteiger partial charge in [-0.25, -0.2) is 0 Å². The lowest BCUT2D eigenvalue weighted by molar-refractivity contribution is -0.126. The van der Waals surface area contributed by atoms with Gasteiger partial charge in [0, 0.05) is 41.9 Å². The lowest BCUT2D eigenvalue weighted by Gasteiger charge is -2.48. The Hall–Kier alpha value is -2.59. The van der Waals surface area contributed by atoms with Crippen LogP contribution in [0, 0.1) is 5.41 Å². The summed E-state index contributed by atoms with van der Waals surface area (Å²) in [7, 11) is 1.69. The van der Waals surface area contributed by atoms with Crippen LogP contribution in [-0.2, 0) is 10.3 Å². The second-order valence-corrected chi connectivity index (χ2v) is 9.48. The SMILES string of the molecule is COc1ccc([C@H]2CN[C@@]3(CC(=O)CC(C)(C)C3)c3[nH]c4ccccc4c32)cc1. The van der Waals surface area contributed by atoms with Gasteiger partial charge in [0.1, 0.15) is 11.5 Å². The molecule has 4 heteroatoms. The van der Waals surface area contributed by atoms with E-state index < -0.39 is 0 Å². The number of hydrogen-bond donors (Lipinski definition) is 2. The van der Waals surface area contributed by atoms with Gasteiger partial charge in [-0.2, -0.15) is 0 Å². The molecule has 5 rings (SSSR count). The van der Waals surface area contributed by atoms with Crippen molar-refractivity contribution in [2.75, 3.05) is 13.7 Å². The molecule has 0 amide bonds. The molecule has 1 aliphatic heterocycles. The normalized spacial score (nSPS) is 25.9. The number of methoxy groups -OCH3 is 1. The van der Waals surface area contributed by atoms with E-state index in [1.807, 2.05) is 12.1 Å². The summed E-state index contributed by atoms with van der Waals surface area (Å²) in [4.78, 5) is 16.4. The predicted octanol–water partition coefficient (Wildman–Crippen LogP) is 4.89. The predicted molar refractivity (Wildman–Crippen MR) is 115 cm³/mol. The molecule has 2 heterocycles. The van der Waals surface area contributed by atoms with Crippen molar-refractivity contribution < 1.29 is 9.53 Å². The molecule has 2 aliphatic rings. The van der Waals surface area contributed by atoms with Crippen LogP contribution in [-0.4, -0.2) is 24.4 Å². The van der Waals surface area contributed by atoms with Gasteiger partial charge in [0.15, 0.2) is 0 Å². The number of carbonyl (C=O) groups excluding carboxylic acids is 1. The van der Waals surface area contributed by atoms with E-state index in [1.54, 1.807) is 7.11 Å². The minimum atomic E-state index is -0.309. The molecule has 2 N–H and O–H groups in total. The van der Waals surface area contributed by atoms with E-state index in [0.717, 1.165) is 24.2 Å². The monoisotopic (exact) mass is 388 g/mol. The van der Waals surface area contributed by atoms with Crippen molar-refractivity contribution in [3.8, 4) is 5.75 Å². The molecule has 4 nitrogen and oxygen atoms in total. The summed E-state index contributed by atoms with van der Waals surface area (Å²) < 4.78 is 5.35. The van der Waals surface area contributed by atoms with Gasteiger partial charge in [-0.05, 0) is 41.2 Å². The maximum atomic E-state index is 12.7. The number of nitrogens with one attached hydrogen (secondary N) is 2. The van der Waals surface area contributed by atoms with Gasteiger partial charge in [0.25, 0.3) is 0 Å². The number of aromatic nitrogens is 1. The second-order valence-electron chi connectivity index (χ2n) is 9.48. The molecule has 2 aromatic carbocycles. The molecule has 0 bridgehead atoms. The molecule has 1 spiro atoms. The Labute approximate surface area is 171 Å². The highest BCUT2D eigenvalue weighted by Crippen LogP contribution is 2.51. The first-order valence-corrected chi connectivity index (χ1v) is 10.4. The van der Waals surface area contributed by atoms with Crippen LogP contribution in [0.2, 0.25) is 0 Å². The summed E-state index contributed by atoms with van der Waals surface area (Å²) in [6.07, 6.45) is 2.18. The van der Waals surface area contributed by atoms with Crippen LogP contribution >= 0.6 is 0 Å². The molecular formula is C25H28N2O2. The highest BCUT2D eigenvalue weighted by molar-refractivity contribution is 5.88. The van der Waals surface area contributed by atoms with Crippen molar-refractivity contribution in [3.63, 3.8) is 0 Å². The third kappa shape index (κ3) is 2.98. The zero-order valence-corrected chi connectivity index (χ0v) is 17.3. The van der Waals surface area contributed by atoms with Crippen LogP contribution in [0.5, 0.6) is 5.75 Å². The molecular weight excluding hydrogens is 360 g/mol. The lowest BCUT2D eigenvalue weighted by Crippen LogP contribution is -2.55. The molecule has 0 unspecified atom stereocenters. The molecule has 1 saturated carbocycles. The van der Waals surface area contributed by atoms with Gasteiger partial charge >= 0.3 is 0 Å². The van der Waals surface area contributed by atoms with E-state index >= 15 is 0 Å². The quantitative estimate of drug-likeness (QED) is 0.657. The Kier molecular flexibility index (Phi) is 4.11. The molecule has 150 valence electrons. The largest absolute Gasteiger partial charge is 0.497 e. The van der Waals surface area contributed by atoms with Gasteiger partial charge in [-0.3, -0.25) is 4.79 Å². The molecule has 1 fully saturated rings. The highest BCUT2D eigenvalue weighted by atomic mass is 16.5. The summed E-state index contributed by atoms with van der Waals surface area (Å²) in [5, 5.41) is 5.10. The number of fused-ring (bicyclic) bond motifs is 4. The van der Waals surface area contributed by atoms with Gasteiger partial charge in [-0.15, -0.1) is 0 Å². The second kappa shape index (κ2) is 6.46. The third-order valence-electron chi connectivity index (χ3n) is 6.69. The first kappa shape index (κ1) is 18.4. The number of rotatable bonds is 2. The molecule has 2 atom stereocenters. The lowest BCUT2D eigenvalue weighted by atomic mass is 9.63. The van der Waals surface area contributed by atoms with Crippen molar-refractivity contribution >= 4 is 16.7 Å². The van der Waals surface area contributed by atoms with E-state index in [4.69, 9.17) is 4.74 Å². The molecule has 1 aromatic heterocycles. The molecule has 0 radical (unpaired) electrons. The van der Waals surface area contributed by atoms with Gasteiger partial charge in [0.05, 0.1) is 12.6 Å². The Balaban J connectivity index is 1.69. The minimum Gasteiger partial charge on any atom is -0.497 e. The molecule has 3 aromatic rings. The van der Waals surface area contributed by atoms with Gasteiger partial charge in [-0.1, -0.05) is 44.2 Å². The summed E-state index contributed by atoms with van der Waals surface area (Å²) >= 11 is 0. The van der Waals surface area contributed by atoms with Gasteiger partial charge < -0.3 is 15.0 Å². The van der Waals surface area contributed by atoms with Crippen LogP contribution in [0.4, 0.5) is 0 Å². The maximum Gasteiger partial charge on any atom is 0.135 e. The van der Waals surface area contributed by atoms with Crippen LogP contribution in [0.25, 0.3) is 10.9 Å². The number of H-pyrrole nitrogens is 1. The van der Waals surface area contributed by atoms with E-state index in [2.05, 4.69) is 60.5 Å². The average molecular weight is 389 g/mol. The topological polar surface area (TPSA) is 54.1 Å². The highest BCUT2D eigenvalue weighted by Gasteiger charge is 2.49. The minimum absolute atomic E-state index is 0.0101. The van der Waals surface area contributed by atoms with Crippen LogP contribution in [0.3, 0.4) is 0 Å². The number of hydrogen-bond acceptors (Lipinski definition) is 3. The Bertz CT molecular complexity index is 1080. The van der Waals surface area contributed by atoms with Gasteiger partial charge in [0.2, 0.25) is 0 Å². The van der Waals surface area contributed by atoms with E-state index in [1.165, 1.54) is 22.2 Å². The number of carbonyl (C=O) groups is 1. The number of ketones is 1. The Morgan fingerprint density at radius 2 is 1.79 bits per heavy atom. The number of ether oxygens (including phenoxy) is 1. The summed E-state index contributed by atoms with van der Waals surface area (Å²) in [5.74, 6) is 1.45. The van der Waals surface area contributed by atoms with Crippen molar-refractivity contribution in [1.29, 1.82) is 0 Å². The zero-order valence-electron chi connectivity index (χ0n) is 17.3.